The van der Waals surface area contributed by atoms with Crippen molar-refractivity contribution in [3.63, 3.8) is 0 Å². The van der Waals surface area contributed by atoms with Gasteiger partial charge in [0, 0.05) is 11.8 Å². The third-order valence-corrected chi connectivity index (χ3v) is 5.69. The molecule has 0 aliphatic carbocycles. The van der Waals surface area contributed by atoms with Gasteiger partial charge in [-0.15, -0.1) is 0 Å². The summed E-state index contributed by atoms with van der Waals surface area (Å²) in [5.74, 6) is 0.420. The van der Waals surface area contributed by atoms with E-state index in [2.05, 4.69) is 10.0 Å². The standard InChI is InChI=1S/C23H22N2O4S/c1-24-30(27,28)22-14-7-18(8-15-22)9-16-23(26)25-20-10-12-21(13-11-20)29-17-19-5-3-2-4-6-19/h2-16,24H,17H2,1H3,(H,25,26). The number of ether oxygens (including phenoxy) is 1. The van der Waals surface area contributed by atoms with E-state index in [1.165, 1.54) is 25.3 Å². The molecule has 1 amide bonds. The first-order chi connectivity index (χ1) is 14.5. The van der Waals surface area contributed by atoms with Gasteiger partial charge < -0.3 is 10.1 Å². The van der Waals surface area contributed by atoms with Gasteiger partial charge in [0.15, 0.2) is 0 Å². The number of hydrogen-bond donors (Lipinski definition) is 2. The lowest BCUT2D eigenvalue weighted by molar-refractivity contribution is -0.111. The van der Waals surface area contributed by atoms with Crippen LogP contribution in [0.5, 0.6) is 5.75 Å². The molecule has 0 aliphatic heterocycles. The molecule has 0 fully saturated rings. The van der Waals surface area contributed by atoms with Crippen molar-refractivity contribution in [2.24, 2.45) is 0 Å². The second kappa shape index (κ2) is 9.87. The molecule has 3 rings (SSSR count). The Morgan fingerprint density at radius 1 is 0.933 bits per heavy atom. The lowest BCUT2D eigenvalue weighted by Crippen LogP contribution is -2.18. The van der Waals surface area contributed by atoms with E-state index in [0.717, 1.165) is 5.56 Å². The van der Waals surface area contributed by atoms with Crippen LogP contribution in [0.4, 0.5) is 5.69 Å². The Labute approximate surface area is 176 Å². The van der Waals surface area contributed by atoms with Crippen molar-refractivity contribution in [3.05, 3.63) is 96.1 Å². The number of carbonyl (C=O) groups is 1. The fraction of sp³-hybridized carbons (Fsp3) is 0.0870. The Hall–Kier alpha value is -3.42. The lowest BCUT2D eigenvalue weighted by Gasteiger charge is -2.07. The van der Waals surface area contributed by atoms with E-state index in [9.17, 15) is 13.2 Å². The molecule has 0 saturated carbocycles. The van der Waals surface area contributed by atoms with Crippen molar-refractivity contribution in [2.45, 2.75) is 11.5 Å². The molecule has 2 N–H and O–H groups in total. The van der Waals surface area contributed by atoms with E-state index in [4.69, 9.17) is 4.74 Å². The van der Waals surface area contributed by atoms with Gasteiger partial charge in [-0.05, 0) is 60.6 Å². The highest BCUT2D eigenvalue weighted by Crippen LogP contribution is 2.17. The maximum absolute atomic E-state index is 12.1. The Kier molecular flexibility index (Phi) is 7.00. The number of nitrogens with one attached hydrogen (secondary N) is 2. The molecule has 3 aromatic carbocycles. The molecule has 0 saturated heterocycles. The van der Waals surface area contributed by atoms with Gasteiger partial charge in [0.25, 0.3) is 0 Å². The van der Waals surface area contributed by atoms with Crippen LogP contribution in [0.1, 0.15) is 11.1 Å². The Balaban J connectivity index is 1.53. The summed E-state index contributed by atoms with van der Waals surface area (Å²) in [5.41, 5.74) is 2.44. The molecule has 0 heterocycles. The van der Waals surface area contributed by atoms with Crippen LogP contribution in [0.15, 0.2) is 89.8 Å². The number of rotatable bonds is 8. The van der Waals surface area contributed by atoms with Crippen LogP contribution in [0.2, 0.25) is 0 Å². The Bertz CT molecular complexity index is 1110. The van der Waals surface area contributed by atoms with Crippen molar-refractivity contribution in [1.82, 2.24) is 4.72 Å². The molecule has 154 valence electrons. The van der Waals surface area contributed by atoms with Crippen LogP contribution in [-0.4, -0.2) is 21.4 Å². The minimum Gasteiger partial charge on any atom is -0.489 e. The molecule has 0 aromatic heterocycles. The summed E-state index contributed by atoms with van der Waals surface area (Å²) in [4.78, 5) is 12.3. The second-order valence-electron chi connectivity index (χ2n) is 6.40. The zero-order valence-electron chi connectivity index (χ0n) is 16.4. The first-order valence-corrected chi connectivity index (χ1v) is 10.7. The van der Waals surface area contributed by atoms with E-state index >= 15 is 0 Å². The van der Waals surface area contributed by atoms with Crippen molar-refractivity contribution in [3.8, 4) is 5.75 Å². The second-order valence-corrected chi connectivity index (χ2v) is 8.28. The largest absolute Gasteiger partial charge is 0.489 e. The minimum atomic E-state index is -3.47. The van der Waals surface area contributed by atoms with E-state index in [-0.39, 0.29) is 10.8 Å². The van der Waals surface area contributed by atoms with Crippen LogP contribution in [-0.2, 0) is 21.4 Å². The van der Waals surface area contributed by atoms with Gasteiger partial charge in [0.2, 0.25) is 15.9 Å². The van der Waals surface area contributed by atoms with Crippen LogP contribution in [0.3, 0.4) is 0 Å². The summed E-state index contributed by atoms with van der Waals surface area (Å²) < 4.78 is 31.4. The molecule has 0 bridgehead atoms. The number of anilines is 1. The van der Waals surface area contributed by atoms with Crippen LogP contribution < -0.4 is 14.8 Å². The molecule has 0 spiro atoms. The molecule has 0 aliphatic rings. The third-order valence-electron chi connectivity index (χ3n) is 4.26. The van der Waals surface area contributed by atoms with E-state index in [1.807, 2.05) is 30.3 Å². The van der Waals surface area contributed by atoms with E-state index < -0.39 is 10.0 Å². The van der Waals surface area contributed by atoms with E-state index in [0.29, 0.717) is 23.6 Å². The fourth-order valence-electron chi connectivity index (χ4n) is 2.61. The van der Waals surface area contributed by atoms with Gasteiger partial charge in [-0.2, -0.15) is 0 Å². The summed E-state index contributed by atoms with van der Waals surface area (Å²) >= 11 is 0. The number of amides is 1. The molecule has 30 heavy (non-hydrogen) atoms. The fourth-order valence-corrected chi connectivity index (χ4v) is 3.34. The quantitative estimate of drug-likeness (QED) is 0.541. The van der Waals surface area contributed by atoms with Gasteiger partial charge in [-0.1, -0.05) is 42.5 Å². The van der Waals surface area contributed by atoms with E-state index in [1.54, 1.807) is 42.5 Å². The van der Waals surface area contributed by atoms with Crippen molar-refractivity contribution in [2.75, 3.05) is 12.4 Å². The molecule has 0 radical (unpaired) electrons. The summed E-state index contributed by atoms with van der Waals surface area (Å²) in [5, 5.41) is 2.77. The normalized spacial score (nSPS) is 11.4. The van der Waals surface area contributed by atoms with Crippen molar-refractivity contribution < 1.29 is 17.9 Å². The average Bonchev–Trinajstić information content (AvgIpc) is 2.78. The number of sulfonamides is 1. The van der Waals surface area contributed by atoms with Crippen LogP contribution in [0.25, 0.3) is 6.08 Å². The Morgan fingerprint density at radius 3 is 2.23 bits per heavy atom. The molecular weight excluding hydrogens is 400 g/mol. The molecular formula is C23H22N2O4S. The summed E-state index contributed by atoms with van der Waals surface area (Å²) in [7, 11) is -2.12. The smallest absolute Gasteiger partial charge is 0.248 e. The molecule has 0 unspecified atom stereocenters. The van der Waals surface area contributed by atoms with Crippen molar-refractivity contribution in [1.29, 1.82) is 0 Å². The third kappa shape index (κ3) is 6.04. The van der Waals surface area contributed by atoms with Crippen molar-refractivity contribution >= 4 is 27.7 Å². The van der Waals surface area contributed by atoms with Crippen LogP contribution in [0, 0.1) is 0 Å². The summed E-state index contributed by atoms with van der Waals surface area (Å²) in [6.07, 6.45) is 3.00. The lowest BCUT2D eigenvalue weighted by atomic mass is 10.2. The highest BCUT2D eigenvalue weighted by molar-refractivity contribution is 7.89. The highest BCUT2D eigenvalue weighted by Gasteiger charge is 2.09. The zero-order chi connectivity index (χ0) is 21.4. The van der Waals surface area contributed by atoms with Gasteiger partial charge in [-0.3, -0.25) is 4.79 Å². The summed E-state index contributed by atoms with van der Waals surface area (Å²) in [6, 6.07) is 23.2. The monoisotopic (exact) mass is 422 g/mol. The van der Waals surface area contributed by atoms with Crippen LogP contribution >= 0.6 is 0 Å². The minimum absolute atomic E-state index is 0.168. The maximum Gasteiger partial charge on any atom is 0.248 e. The first-order valence-electron chi connectivity index (χ1n) is 9.26. The summed E-state index contributed by atoms with van der Waals surface area (Å²) in [6.45, 7) is 0.476. The maximum atomic E-state index is 12.1. The van der Waals surface area contributed by atoms with Gasteiger partial charge in [0.1, 0.15) is 12.4 Å². The SMILES string of the molecule is CNS(=O)(=O)c1ccc(C=CC(=O)Nc2ccc(OCc3ccccc3)cc2)cc1. The highest BCUT2D eigenvalue weighted by atomic mass is 32.2. The number of hydrogen-bond acceptors (Lipinski definition) is 4. The molecule has 3 aromatic rings. The number of carbonyl (C=O) groups excluding carboxylic acids is 1. The van der Waals surface area contributed by atoms with Gasteiger partial charge in [0.05, 0.1) is 4.90 Å². The molecule has 6 nitrogen and oxygen atoms in total. The molecule has 0 atom stereocenters. The zero-order valence-corrected chi connectivity index (χ0v) is 17.2. The first kappa shape index (κ1) is 21.3. The predicted octanol–water partition coefficient (Wildman–Crippen LogP) is 3.83. The average molecular weight is 423 g/mol. The van der Waals surface area contributed by atoms with Gasteiger partial charge >= 0.3 is 0 Å². The Morgan fingerprint density at radius 2 is 1.60 bits per heavy atom. The topological polar surface area (TPSA) is 84.5 Å². The van der Waals surface area contributed by atoms with Gasteiger partial charge in [-0.25, -0.2) is 13.1 Å². The molecule has 7 heteroatoms. The number of benzene rings is 3. The predicted molar refractivity (Wildman–Crippen MR) is 118 cm³/mol.